The molecule has 1 aliphatic heterocycles. The van der Waals surface area contributed by atoms with Gasteiger partial charge in [-0.05, 0) is 27.7 Å². The van der Waals surface area contributed by atoms with Crippen molar-refractivity contribution in [3.05, 3.63) is 27.3 Å². The van der Waals surface area contributed by atoms with E-state index in [0.29, 0.717) is 12.0 Å². The molecule has 0 aromatic carbocycles. The van der Waals surface area contributed by atoms with E-state index in [1.165, 1.54) is 4.88 Å². The minimum absolute atomic E-state index is 0.358. The van der Waals surface area contributed by atoms with Crippen LogP contribution in [0.25, 0.3) is 0 Å². The van der Waals surface area contributed by atoms with Crippen molar-refractivity contribution in [1.82, 2.24) is 20.1 Å². The topological polar surface area (TPSA) is 54.8 Å². The van der Waals surface area contributed by atoms with Gasteiger partial charge in [-0.2, -0.15) is 5.10 Å². The SMILES string of the molecule is Cc1cc2n(n1)C[C@@H](CN[C@@H](C)c1sc(C)nc1C)CN2. The lowest BCUT2D eigenvalue weighted by Crippen LogP contribution is -2.36. The van der Waals surface area contributed by atoms with Gasteiger partial charge in [0.1, 0.15) is 5.82 Å². The Hall–Kier alpha value is -1.40. The van der Waals surface area contributed by atoms with Gasteiger partial charge in [0.2, 0.25) is 0 Å². The van der Waals surface area contributed by atoms with Crippen LogP contribution in [-0.4, -0.2) is 27.9 Å². The van der Waals surface area contributed by atoms with Crippen LogP contribution < -0.4 is 10.6 Å². The number of nitrogens with zero attached hydrogens (tertiary/aromatic N) is 3. The smallest absolute Gasteiger partial charge is 0.124 e. The third-order valence-electron chi connectivity index (χ3n) is 3.95. The summed E-state index contributed by atoms with van der Waals surface area (Å²) in [6, 6.07) is 2.47. The molecule has 2 atom stereocenters. The zero-order valence-electron chi connectivity index (χ0n) is 13.1. The van der Waals surface area contributed by atoms with Crippen LogP contribution in [0, 0.1) is 26.7 Å². The molecule has 0 saturated carbocycles. The molecule has 114 valence electrons. The standard InChI is InChI=1S/C15H23N5S/c1-9-5-14-17-7-13(8-20(14)19-9)6-16-10(2)15-11(3)18-12(4)21-15/h5,10,13,16-17H,6-8H2,1-4H3/t10-,13-/m0/s1. The van der Waals surface area contributed by atoms with Gasteiger partial charge < -0.3 is 10.6 Å². The predicted octanol–water partition coefficient (Wildman–Crippen LogP) is 2.66. The van der Waals surface area contributed by atoms with Crippen LogP contribution >= 0.6 is 11.3 Å². The first kappa shape index (κ1) is 14.5. The van der Waals surface area contributed by atoms with E-state index in [4.69, 9.17) is 0 Å². The Morgan fingerprint density at radius 3 is 3.00 bits per heavy atom. The first-order chi connectivity index (χ1) is 10.0. The maximum Gasteiger partial charge on any atom is 0.124 e. The van der Waals surface area contributed by atoms with E-state index in [9.17, 15) is 0 Å². The summed E-state index contributed by atoms with van der Waals surface area (Å²) in [7, 11) is 0. The van der Waals surface area contributed by atoms with E-state index in [1.54, 1.807) is 11.3 Å². The molecule has 5 nitrogen and oxygen atoms in total. The lowest BCUT2D eigenvalue weighted by atomic mass is 10.1. The van der Waals surface area contributed by atoms with Gasteiger partial charge in [0, 0.05) is 42.5 Å². The third-order valence-corrected chi connectivity index (χ3v) is 5.21. The zero-order valence-corrected chi connectivity index (χ0v) is 13.9. The van der Waals surface area contributed by atoms with Gasteiger partial charge >= 0.3 is 0 Å². The minimum atomic E-state index is 0.358. The van der Waals surface area contributed by atoms with Gasteiger partial charge in [0.15, 0.2) is 0 Å². The molecule has 1 aliphatic rings. The van der Waals surface area contributed by atoms with Crippen molar-refractivity contribution in [2.75, 3.05) is 18.4 Å². The van der Waals surface area contributed by atoms with Crippen molar-refractivity contribution in [3.8, 4) is 0 Å². The van der Waals surface area contributed by atoms with Crippen molar-refractivity contribution in [2.24, 2.45) is 5.92 Å². The van der Waals surface area contributed by atoms with Crippen molar-refractivity contribution in [2.45, 2.75) is 40.3 Å². The zero-order chi connectivity index (χ0) is 15.0. The minimum Gasteiger partial charge on any atom is -0.370 e. The van der Waals surface area contributed by atoms with Crippen LogP contribution in [0.2, 0.25) is 0 Å². The van der Waals surface area contributed by atoms with Gasteiger partial charge in [0.25, 0.3) is 0 Å². The Labute approximate surface area is 129 Å². The number of thiazole rings is 1. The molecular weight excluding hydrogens is 282 g/mol. The highest BCUT2D eigenvalue weighted by Gasteiger charge is 2.20. The van der Waals surface area contributed by atoms with E-state index in [2.05, 4.69) is 52.2 Å². The summed E-state index contributed by atoms with van der Waals surface area (Å²) in [6.45, 7) is 11.4. The lowest BCUT2D eigenvalue weighted by molar-refractivity contribution is 0.376. The fourth-order valence-electron chi connectivity index (χ4n) is 2.91. The van der Waals surface area contributed by atoms with Crippen LogP contribution in [-0.2, 0) is 6.54 Å². The molecule has 0 bridgehead atoms. The van der Waals surface area contributed by atoms with E-state index in [0.717, 1.165) is 41.8 Å². The monoisotopic (exact) mass is 305 g/mol. The molecule has 2 aromatic heterocycles. The highest BCUT2D eigenvalue weighted by atomic mass is 32.1. The molecule has 0 aliphatic carbocycles. The van der Waals surface area contributed by atoms with E-state index in [1.807, 2.05) is 6.92 Å². The van der Waals surface area contributed by atoms with E-state index < -0.39 is 0 Å². The molecule has 2 aromatic rings. The average Bonchev–Trinajstić information content (AvgIpc) is 2.96. The Morgan fingerprint density at radius 1 is 1.48 bits per heavy atom. The average molecular weight is 305 g/mol. The second-order valence-electron chi connectivity index (χ2n) is 5.91. The lowest BCUT2D eigenvalue weighted by Gasteiger charge is -2.26. The third kappa shape index (κ3) is 3.11. The number of fused-ring (bicyclic) bond motifs is 1. The molecule has 0 unspecified atom stereocenters. The molecule has 21 heavy (non-hydrogen) atoms. The van der Waals surface area contributed by atoms with Crippen LogP contribution in [0.5, 0.6) is 0 Å². The number of hydrogen-bond acceptors (Lipinski definition) is 5. The van der Waals surface area contributed by atoms with Crippen LogP contribution in [0.3, 0.4) is 0 Å². The first-order valence-electron chi connectivity index (χ1n) is 7.48. The summed E-state index contributed by atoms with van der Waals surface area (Å²) in [5.41, 5.74) is 2.24. The molecule has 2 N–H and O–H groups in total. The summed E-state index contributed by atoms with van der Waals surface area (Å²) < 4.78 is 2.08. The number of aromatic nitrogens is 3. The second-order valence-corrected chi connectivity index (χ2v) is 7.15. The van der Waals surface area contributed by atoms with Gasteiger partial charge in [0.05, 0.1) is 16.4 Å². The van der Waals surface area contributed by atoms with Crippen molar-refractivity contribution >= 4 is 17.2 Å². The fourth-order valence-corrected chi connectivity index (χ4v) is 3.86. The summed E-state index contributed by atoms with van der Waals surface area (Å²) in [5, 5.41) is 12.8. The van der Waals surface area contributed by atoms with Crippen LogP contribution in [0.15, 0.2) is 6.07 Å². The normalized spacial score (nSPS) is 19.1. The predicted molar refractivity (Wildman–Crippen MR) is 86.9 cm³/mol. The van der Waals surface area contributed by atoms with Gasteiger partial charge in [-0.15, -0.1) is 11.3 Å². The van der Waals surface area contributed by atoms with Crippen molar-refractivity contribution in [1.29, 1.82) is 0 Å². The highest BCUT2D eigenvalue weighted by Crippen LogP contribution is 2.25. The summed E-state index contributed by atoms with van der Waals surface area (Å²) in [4.78, 5) is 5.87. The molecular formula is C15H23N5S. The number of aryl methyl sites for hydroxylation is 3. The number of hydrogen-bond donors (Lipinski definition) is 2. The Morgan fingerprint density at radius 2 is 2.29 bits per heavy atom. The number of rotatable bonds is 4. The van der Waals surface area contributed by atoms with Crippen LogP contribution in [0.4, 0.5) is 5.82 Å². The molecule has 6 heteroatoms. The molecule has 0 amide bonds. The maximum atomic E-state index is 4.52. The quantitative estimate of drug-likeness (QED) is 0.912. The summed E-state index contributed by atoms with van der Waals surface area (Å²) >= 11 is 1.79. The van der Waals surface area contributed by atoms with Gasteiger partial charge in [-0.1, -0.05) is 0 Å². The number of nitrogens with one attached hydrogen (secondary N) is 2. The highest BCUT2D eigenvalue weighted by molar-refractivity contribution is 7.11. The largest absolute Gasteiger partial charge is 0.370 e. The second kappa shape index (κ2) is 5.77. The van der Waals surface area contributed by atoms with E-state index >= 15 is 0 Å². The molecule has 0 radical (unpaired) electrons. The van der Waals surface area contributed by atoms with Gasteiger partial charge in [-0.3, -0.25) is 0 Å². The summed E-state index contributed by atoms with van der Waals surface area (Å²) in [6.07, 6.45) is 0. The van der Waals surface area contributed by atoms with E-state index in [-0.39, 0.29) is 0 Å². The Bertz CT molecular complexity index is 630. The Kier molecular flexibility index (Phi) is 3.99. The van der Waals surface area contributed by atoms with Gasteiger partial charge in [-0.25, -0.2) is 9.67 Å². The maximum absolute atomic E-state index is 4.52. The van der Waals surface area contributed by atoms with Crippen molar-refractivity contribution < 1.29 is 0 Å². The van der Waals surface area contributed by atoms with Crippen LogP contribution in [0.1, 0.15) is 34.2 Å². The summed E-state index contributed by atoms with van der Waals surface area (Å²) in [5.74, 6) is 1.71. The number of anilines is 1. The first-order valence-corrected chi connectivity index (χ1v) is 8.30. The Balaban J connectivity index is 1.57. The molecule has 3 heterocycles. The fraction of sp³-hybridized carbons (Fsp3) is 0.600. The molecule has 0 spiro atoms. The molecule has 3 rings (SSSR count). The van der Waals surface area contributed by atoms with Crippen molar-refractivity contribution in [3.63, 3.8) is 0 Å². The molecule has 0 saturated heterocycles. The molecule has 0 fully saturated rings.